The highest BCUT2D eigenvalue weighted by atomic mass is 31.2. The highest BCUT2D eigenvalue weighted by Gasteiger charge is 2.51. The predicted molar refractivity (Wildman–Crippen MR) is 171 cm³/mol. The molecule has 3 aliphatic heterocycles. The fourth-order valence-electron chi connectivity index (χ4n) is 7.27. The molecule has 0 saturated carbocycles. The lowest BCUT2D eigenvalue weighted by molar-refractivity contribution is -0.149. The smallest absolute Gasteiger partial charge is 0.351 e. The van der Waals surface area contributed by atoms with Gasteiger partial charge >= 0.3 is 13.3 Å². The van der Waals surface area contributed by atoms with Crippen molar-refractivity contribution in [1.82, 2.24) is 25.0 Å². The van der Waals surface area contributed by atoms with E-state index in [0.29, 0.717) is 38.8 Å². The molecule has 4 heterocycles. The van der Waals surface area contributed by atoms with Crippen molar-refractivity contribution >= 4 is 42.1 Å². The van der Waals surface area contributed by atoms with Crippen molar-refractivity contribution in [2.45, 2.75) is 75.3 Å². The lowest BCUT2D eigenvalue weighted by Crippen LogP contribution is -2.61. The number of hydrogen-bond acceptors (Lipinski definition) is 5. The number of H-pyrrole nitrogens is 1. The molecule has 0 unspecified atom stereocenters. The third kappa shape index (κ3) is 6.48. The van der Waals surface area contributed by atoms with Crippen LogP contribution in [0.15, 0.2) is 54.6 Å². The fourth-order valence-corrected chi connectivity index (χ4v) is 7.75. The second kappa shape index (κ2) is 13.1. The summed E-state index contributed by atoms with van der Waals surface area (Å²) in [5.74, 6) is -1.62. The summed E-state index contributed by atoms with van der Waals surface area (Å²) in [4.78, 5) is 80.4. The molecule has 2 aromatic carbocycles. The van der Waals surface area contributed by atoms with Crippen molar-refractivity contribution in [1.29, 1.82) is 0 Å². The van der Waals surface area contributed by atoms with E-state index >= 15 is 0 Å². The molecule has 6 rings (SSSR count). The summed E-state index contributed by atoms with van der Waals surface area (Å²) < 4.78 is 40.1. The molecule has 0 bridgehead atoms. The van der Waals surface area contributed by atoms with Gasteiger partial charge in [0, 0.05) is 55.1 Å². The Morgan fingerprint density at radius 3 is 2.48 bits per heavy atom. The largest absolute Gasteiger partial charge is 0.399 e. The van der Waals surface area contributed by atoms with Crippen LogP contribution >= 0.6 is 7.60 Å². The van der Waals surface area contributed by atoms with E-state index in [0.717, 1.165) is 30.5 Å². The van der Waals surface area contributed by atoms with Crippen LogP contribution in [0.2, 0.25) is 0 Å². The van der Waals surface area contributed by atoms with Crippen LogP contribution in [-0.4, -0.2) is 96.9 Å². The highest BCUT2D eigenvalue weighted by Crippen LogP contribution is 2.59. The van der Waals surface area contributed by atoms with E-state index < -0.39 is 42.7 Å². The van der Waals surface area contributed by atoms with Gasteiger partial charge in [-0.2, -0.15) is 8.78 Å². The van der Waals surface area contributed by atoms with Crippen LogP contribution < -0.4 is 5.32 Å². The van der Waals surface area contributed by atoms with Crippen LogP contribution in [0.5, 0.6) is 0 Å². The number of halogens is 2. The number of likely N-dealkylation sites (tertiary alicyclic amines) is 1. The SMILES string of the molecule is CC(=O)N1CC[C@H]2CC[C@@H](C(=O)N3CCC[C@@H]3Cc3ccccc3)N2C(=O)[C@@H](NC(=O)c2cc3cc(C(F)(F)P(=O)(O)O)ccc3[nH]2)C1. The van der Waals surface area contributed by atoms with Crippen molar-refractivity contribution < 1.29 is 42.3 Å². The van der Waals surface area contributed by atoms with Crippen molar-refractivity contribution in [2.75, 3.05) is 19.6 Å². The number of carbonyl (C=O) groups excluding carboxylic acids is 4. The van der Waals surface area contributed by atoms with Gasteiger partial charge in [0.25, 0.3) is 5.91 Å². The second-order valence-electron chi connectivity index (χ2n) is 12.9. The van der Waals surface area contributed by atoms with Gasteiger partial charge in [-0.05, 0) is 62.3 Å². The number of nitrogens with one attached hydrogen (secondary N) is 2. The number of aromatic amines is 1. The van der Waals surface area contributed by atoms with Gasteiger partial charge < -0.3 is 34.8 Å². The number of hydrogen-bond donors (Lipinski definition) is 4. The summed E-state index contributed by atoms with van der Waals surface area (Å²) in [6.45, 7) is 2.19. The zero-order valence-electron chi connectivity index (χ0n) is 26.3. The van der Waals surface area contributed by atoms with Gasteiger partial charge in [0.1, 0.15) is 17.8 Å². The number of benzene rings is 2. The molecule has 3 aliphatic rings. The Hall–Kier alpha value is -4.13. The third-order valence-electron chi connectivity index (χ3n) is 9.78. The van der Waals surface area contributed by atoms with E-state index in [4.69, 9.17) is 9.79 Å². The van der Waals surface area contributed by atoms with Gasteiger partial charge in [-0.15, -0.1) is 0 Å². The van der Waals surface area contributed by atoms with E-state index in [1.165, 1.54) is 24.0 Å². The number of carbonyl (C=O) groups is 4. The molecule has 0 aliphatic carbocycles. The quantitative estimate of drug-likeness (QED) is 0.277. The van der Waals surface area contributed by atoms with Gasteiger partial charge in [0.15, 0.2) is 0 Å². The summed E-state index contributed by atoms with van der Waals surface area (Å²) >= 11 is 0. The predicted octanol–water partition coefficient (Wildman–Crippen LogP) is 3.34. The summed E-state index contributed by atoms with van der Waals surface area (Å²) in [7, 11) is -5.81. The average molecular weight is 686 g/mol. The highest BCUT2D eigenvalue weighted by molar-refractivity contribution is 7.52. The van der Waals surface area contributed by atoms with Gasteiger partial charge in [-0.25, -0.2) is 0 Å². The maximum Gasteiger partial charge on any atom is 0.399 e. The zero-order chi connectivity index (χ0) is 34.4. The number of fused-ring (bicyclic) bond motifs is 2. The fraction of sp³-hybridized carbons (Fsp3) is 0.455. The van der Waals surface area contributed by atoms with Crippen LogP contribution in [0.25, 0.3) is 10.9 Å². The average Bonchev–Trinajstić information content (AvgIpc) is 3.79. The van der Waals surface area contributed by atoms with Crippen LogP contribution in [0, 0.1) is 0 Å². The third-order valence-corrected chi connectivity index (χ3v) is 10.8. The van der Waals surface area contributed by atoms with E-state index in [9.17, 15) is 32.5 Å². The van der Waals surface area contributed by atoms with Crippen LogP contribution in [0.1, 0.15) is 60.6 Å². The first-order valence-electron chi connectivity index (χ1n) is 16.0. The molecule has 256 valence electrons. The van der Waals surface area contributed by atoms with E-state index in [2.05, 4.69) is 10.3 Å². The first kappa shape index (κ1) is 33.8. The molecule has 3 aromatic rings. The van der Waals surface area contributed by atoms with Crippen LogP contribution in [0.4, 0.5) is 8.78 Å². The summed E-state index contributed by atoms with van der Waals surface area (Å²) in [6, 6.07) is 11.9. The molecule has 4 amide bonds. The van der Waals surface area contributed by atoms with E-state index in [1.54, 1.807) is 4.90 Å². The first-order chi connectivity index (χ1) is 22.7. The second-order valence-corrected chi connectivity index (χ2v) is 14.5. The Labute approximate surface area is 275 Å². The molecular formula is C33H38F2N5O7P. The lowest BCUT2D eigenvalue weighted by Gasteiger charge is -2.39. The molecule has 1 aromatic heterocycles. The maximum atomic E-state index is 14.3. The van der Waals surface area contributed by atoms with E-state index in [-0.39, 0.29) is 47.0 Å². The van der Waals surface area contributed by atoms with Gasteiger partial charge in [0.05, 0.1) is 0 Å². The topological polar surface area (TPSA) is 163 Å². The molecule has 48 heavy (non-hydrogen) atoms. The van der Waals surface area contributed by atoms with E-state index in [1.807, 2.05) is 35.2 Å². The lowest BCUT2D eigenvalue weighted by atomic mass is 10.0. The molecule has 4 atom stereocenters. The number of alkyl halides is 2. The maximum absolute atomic E-state index is 14.3. The Morgan fingerprint density at radius 1 is 1.02 bits per heavy atom. The Kier molecular flexibility index (Phi) is 9.18. The van der Waals surface area contributed by atoms with Gasteiger partial charge in [0.2, 0.25) is 17.7 Å². The molecule has 15 heteroatoms. The number of aromatic nitrogens is 1. The molecule has 0 radical (unpaired) electrons. The van der Waals surface area contributed by atoms with Gasteiger partial charge in [-0.1, -0.05) is 36.4 Å². The zero-order valence-corrected chi connectivity index (χ0v) is 27.2. The minimum absolute atomic E-state index is 0.0108. The molecule has 4 N–H and O–H groups in total. The standard InChI is InChI=1S/C33H38F2N5O7P/c1-20(41)38-15-13-24-10-12-29(32(44)39-14-5-8-25(39)16-21-6-3-2-4-7-21)40(24)31(43)28(19-38)37-30(42)27-18-22-17-23(9-11-26(22)36-27)33(34,35)48(45,46)47/h2-4,6-7,9,11,17-18,24-25,28-29,36H,5,8,10,12-16,19H2,1H3,(H,37,42)(H2,45,46,47)/t24-,25-,28+,29+/m1/s1. The molecule has 12 nitrogen and oxygen atoms in total. The number of nitrogens with zero attached hydrogens (tertiary/aromatic N) is 3. The Balaban J connectivity index is 1.24. The van der Waals surface area contributed by atoms with Crippen molar-refractivity contribution in [2.24, 2.45) is 0 Å². The first-order valence-corrected chi connectivity index (χ1v) is 17.7. The Morgan fingerprint density at radius 2 is 1.77 bits per heavy atom. The molecule has 3 fully saturated rings. The summed E-state index contributed by atoms with van der Waals surface area (Å²) in [5.41, 5.74) is -4.05. The Bertz CT molecular complexity index is 1780. The van der Waals surface area contributed by atoms with Crippen molar-refractivity contribution in [3.63, 3.8) is 0 Å². The van der Waals surface area contributed by atoms with Gasteiger partial charge in [-0.3, -0.25) is 23.7 Å². The minimum atomic E-state index is -5.81. The number of amides is 4. The summed E-state index contributed by atoms with van der Waals surface area (Å²) in [5, 5.41) is 2.80. The minimum Gasteiger partial charge on any atom is -0.351 e. The molecular weight excluding hydrogens is 647 g/mol. The van der Waals surface area contributed by atoms with Crippen LogP contribution in [0.3, 0.4) is 0 Å². The van der Waals surface area contributed by atoms with Crippen LogP contribution in [-0.2, 0) is 31.0 Å². The monoisotopic (exact) mass is 685 g/mol. The number of rotatable bonds is 7. The normalized spacial score (nSPS) is 23.6. The van der Waals surface area contributed by atoms with Crippen molar-refractivity contribution in [3.05, 3.63) is 71.4 Å². The van der Waals surface area contributed by atoms with Crippen molar-refractivity contribution in [3.8, 4) is 0 Å². The molecule has 3 saturated heterocycles. The summed E-state index contributed by atoms with van der Waals surface area (Å²) in [6.07, 6.45) is 3.98. The molecule has 0 spiro atoms.